The van der Waals surface area contributed by atoms with Crippen LogP contribution in [0.4, 0.5) is 0 Å². The fourth-order valence-corrected chi connectivity index (χ4v) is 10.2. The third-order valence-corrected chi connectivity index (χ3v) is 11.9. The van der Waals surface area contributed by atoms with Crippen LogP contribution in [0, 0.1) is 0 Å². The zero-order chi connectivity index (χ0) is 18.6. The second-order valence-corrected chi connectivity index (χ2v) is 13.7. The van der Waals surface area contributed by atoms with Crippen molar-refractivity contribution in [2.45, 2.75) is 130 Å². The summed E-state index contributed by atoms with van der Waals surface area (Å²) >= 11 is 0. The van der Waals surface area contributed by atoms with Crippen molar-refractivity contribution in [1.82, 2.24) is 0 Å². The van der Waals surface area contributed by atoms with Gasteiger partial charge in [0.25, 0.3) is 0 Å². The Morgan fingerprint density at radius 2 is 0.600 bits per heavy atom. The van der Waals surface area contributed by atoms with E-state index in [4.69, 9.17) is 0 Å². The second kappa shape index (κ2) is 19.2. The minimum atomic E-state index is -0.949. The van der Waals surface area contributed by atoms with Crippen molar-refractivity contribution in [3.8, 4) is 0 Å². The first-order valence-corrected chi connectivity index (χ1v) is 15.1. The molecule has 0 atom stereocenters. The van der Waals surface area contributed by atoms with Gasteiger partial charge in [0, 0.05) is 0 Å². The first-order chi connectivity index (χ1) is 12.2. The molecular formula is C24H53P. The van der Waals surface area contributed by atoms with Crippen LogP contribution in [0.25, 0.3) is 0 Å². The van der Waals surface area contributed by atoms with E-state index in [1.807, 2.05) is 0 Å². The second-order valence-electron chi connectivity index (χ2n) is 8.74. The molecule has 0 saturated carbocycles. The predicted molar refractivity (Wildman–Crippen MR) is 124 cm³/mol. The molecule has 0 rings (SSSR count). The third kappa shape index (κ3) is 15.2. The molecule has 0 radical (unpaired) electrons. The van der Waals surface area contributed by atoms with Crippen molar-refractivity contribution in [3.63, 3.8) is 0 Å². The minimum absolute atomic E-state index is 0.949. The zero-order valence-electron chi connectivity index (χ0n) is 18.6. The molecular weight excluding hydrogens is 319 g/mol. The maximum atomic E-state index is 2.39. The number of hydrogen-bond acceptors (Lipinski definition) is 0. The quantitative estimate of drug-likeness (QED) is 0.148. The van der Waals surface area contributed by atoms with E-state index in [-0.39, 0.29) is 0 Å². The Labute approximate surface area is 162 Å². The van der Waals surface area contributed by atoms with Gasteiger partial charge in [0.15, 0.2) is 0 Å². The first-order valence-electron chi connectivity index (χ1n) is 12.2. The molecule has 0 unspecified atom stereocenters. The van der Waals surface area contributed by atoms with Crippen molar-refractivity contribution in [1.29, 1.82) is 0 Å². The van der Waals surface area contributed by atoms with Crippen LogP contribution in [-0.2, 0) is 0 Å². The zero-order valence-corrected chi connectivity index (χ0v) is 19.6. The van der Waals surface area contributed by atoms with Crippen LogP contribution in [0.15, 0.2) is 0 Å². The average molecular weight is 373 g/mol. The van der Waals surface area contributed by atoms with E-state index in [9.17, 15) is 0 Å². The molecule has 154 valence electrons. The maximum absolute atomic E-state index is 2.39. The Balaban J connectivity index is 4.01. The van der Waals surface area contributed by atoms with Crippen LogP contribution in [0.2, 0.25) is 0 Å². The van der Waals surface area contributed by atoms with Gasteiger partial charge >= 0.3 is 162 Å². The van der Waals surface area contributed by atoms with E-state index in [2.05, 4.69) is 27.7 Å². The predicted octanol–water partition coefficient (Wildman–Crippen LogP) is 9.06. The average Bonchev–Trinajstić information content (AvgIpc) is 2.64. The topological polar surface area (TPSA) is 0 Å². The Bertz CT molecular complexity index is 227. The molecule has 0 aromatic heterocycles. The van der Waals surface area contributed by atoms with Crippen molar-refractivity contribution in [3.05, 3.63) is 0 Å². The standard InChI is InChI=1S/C24H53P/c1-5-9-13-14-15-16-17-18-19-20-24-25(21-10-6-2,22-11-7-3)23-12-8-4/h25H,5-24H2,1-4H3. The van der Waals surface area contributed by atoms with Crippen molar-refractivity contribution < 1.29 is 0 Å². The van der Waals surface area contributed by atoms with Gasteiger partial charge in [-0.2, -0.15) is 0 Å². The van der Waals surface area contributed by atoms with Gasteiger partial charge in [0.05, 0.1) is 0 Å². The summed E-state index contributed by atoms with van der Waals surface area (Å²) in [5.41, 5.74) is 0. The van der Waals surface area contributed by atoms with E-state index in [0.717, 1.165) is 0 Å². The van der Waals surface area contributed by atoms with E-state index in [0.29, 0.717) is 0 Å². The molecule has 1 heteroatoms. The van der Waals surface area contributed by atoms with Crippen LogP contribution >= 0.6 is 7.26 Å². The molecule has 0 aliphatic heterocycles. The van der Waals surface area contributed by atoms with Gasteiger partial charge in [0.2, 0.25) is 0 Å². The molecule has 0 nitrogen and oxygen atoms in total. The van der Waals surface area contributed by atoms with Gasteiger partial charge in [-0.25, -0.2) is 0 Å². The molecule has 0 aromatic rings. The van der Waals surface area contributed by atoms with Gasteiger partial charge in [-0.05, 0) is 0 Å². The molecule has 25 heavy (non-hydrogen) atoms. The fourth-order valence-electron chi connectivity index (χ4n) is 4.39. The molecule has 0 N–H and O–H groups in total. The first kappa shape index (κ1) is 25.4. The van der Waals surface area contributed by atoms with Crippen molar-refractivity contribution >= 4 is 7.26 Å². The summed E-state index contributed by atoms with van der Waals surface area (Å²) in [6.07, 6.45) is 30.2. The van der Waals surface area contributed by atoms with Gasteiger partial charge in [-0.15, -0.1) is 0 Å². The van der Waals surface area contributed by atoms with E-state index in [1.165, 1.54) is 96.3 Å². The summed E-state index contributed by atoms with van der Waals surface area (Å²) in [6.45, 7) is 9.48. The van der Waals surface area contributed by atoms with Crippen molar-refractivity contribution in [2.24, 2.45) is 0 Å². The van der Waals surface area contributed by atoms with Gasteiger partial charge in [-0.3, -0.25) is 0 Å². The normalized spacial score (nSPS) is 12.6. The summed E-state index contributed by atoms with van der Waals surface area (Å²) in [6, 6.07) is 0. The summed E-state index contributed by atoms with van der Waals surface area (Å²) in [7, 11) is -0.949. The van der Waals surface area contributed by atoms with Gasteiger partial charge < -0.3 is 0 Å². The van der Waals surface area contributed by atoms with Crippen molar-refractivity contribution in [2.75, 3.05) is 24.6 Å². The Morgan fingerprint density at radius 1 is 0.320 bits per heavy atom. The molecule has 0 saturated heterocycles. The number of hydrogen-bond donors (Lipinski definition) is 0. The van der Waals surface area contributed by atoms with Crippen LogP contribution < -0.4 is 0 Å². The van der Waals surface area contributed by atoms with E-state index < -0.39 is 7.26 Å². The van der Waals surface area contributed by atoms with E-state index >= 15 is 0 Å². The Hall–Kier alpha value is 0.430. The Kier molecular flexibility index (Phi) is 19.5. The number of rotatable bonds is 20. The SMILES string of the molecule is CCCCCCCCCCCC[PH](CCCC)(CCCC)CCCC. The summed E-state index contributed by atoms with van der Waals surface area (Å²) in [5, 5.41) is 0. The monoisotopic (exact) mass is 372 g/mol. The molecule has 0 heterocycles. The molecule has 0 aliphatic carbocycles. The van der Waals surface area contributed by atoms with Crippen LogP contribution in [0.5, 0.6) is 0 Å². The molecule has 0 aromatic carbocycles. The molecule has 0 aliphatic rings. The van der Waals surface area contributed by atoms with Crippen LogP contribution in [-0.4, -0.2) is 24.6 Å². The molecule has 0 bridgehead atoms. The fraction of sp³-hybridized carbons (Fsp3) is 1.00. The van der Waals surface area contributed by atoms with E-state index in [1.54, 1.807) is 31.1 Å². The Morgan fingerprint density at radius 3 is 0.960 bits per heavy atom. The summed E-state index contributed by atoms with van der Waals surface area (Å²) in [4.78, 5) is 0. The molecule has 0 amide bonds. The van der Waals surface area contributed by atoms with Crippen LogP contribution in [0.1, 0.15) is 130 Å². The molecule has 0 fully saturated rings. The summed E-state index contributed by atoms with van der Waals surface area (Å²) in [5.74, 6) is 0. The molecule has 0 spiro atoms. The van der Waals surface area contributed by atoms with Crippen LogP contribution in [0.3, 0.4) is 0 Å². The number of unbranched alkanes of at least 4 members (excludes halogenated alkanes) is 12. The third-order valence-electron chi connectivity index (χ3n) is 6.24. The van der Waals surface area contributed by atoms with Gasteiger partial charge in [0.1, 0.15) is 0 Å². The summed E-state index contributed by atoms with van der Waals surface area (Å²) < 4.78 is 0. The van der Waals surface area contributed by atoms with Gasteiger partial charge in [-0.1, -0.05) is 0 Å².